The van der Waals surface area contributed by atoms with Gasteiger partial charge in [-0.1, -0.05) is 0 Å². The minimum absolute atomic E-state index is 0.329. The number of aliphatic imine (C=N–C) groups is 1. The van der Waals surface area contributed by atoms with Gasteiger partial charge in [-0.3, -0.25) is 0 Å². The largest absolute Gasteiger partial charge is 0.451 e. The van der Waals surface area contributed by atoms with Crippen molar-refractivity contribution in [1.29, 1.82) is 0 Å². The van der Waals surface area contributed by atoms with Gasteiger partial charge >= 0.3 is 12.4 Å². The summed E-state index contributed by atoms with van der Waals surface area (Å²) in [5.41, 5.74) is -4.17. The Balaban J connectivity index is 2.67. The molecular weight excluding hydrogens is 302 g/mol. The van der Waals surface area contributed by atoms with Crippen molar-refractivity contribution in [2.45, 2.75) is 24.8 Å². The van der Waals surface area contributed by atoms with E-state index in [2.05, 4.69) is 20.3 Å². The Hall–Kier alpha value is -2.13. The van der Waals surface area contributed by atoms with Crippen LogP contribution in [0.2, 0.25) is 0 Å². The molecule has 21 heavy (non-hydrogen) atoms. The highest BCUT2D eigenvalue weighted by Gasteiger charge is 2.59. The number of aromatic nitrogens is 2. The number of hydrogen-bond donors (Lipinski definition) is 1. The SMILES string of the molecule is CC1=CNC=NC1(c1ccnc(C(F)(F)F)n1)C(F)(F)F. The Morgan fingerprint density at radius 1 is 1.14 bits per heavy atom. The van der Waals surface area contributed by atoms with E-state index >= 15 is 0 Å². The van der Waals surface area contributed by atoms with Gasteiger partial charge in [0.15, 0.2) is 0 Å². The molecule has 0 spiro atoms. The van der Waals surface area contributed by atoms with E-state index in [-0.39, 0.29) is 5.57 Å². The Morgan fingerprint density at radius 3 is 2.33 bits per heavy atom. The molecule has 0 aromatic carbocycles. The summed E-state index contributed by atoms with van der Waals surface area (Å²) in [6.07, 6.45) is -7.50. The van der Waals surface area contributed by atoms with Gasteiger partial charge in [0.05, 0.1) is 12.0 Å². The first-order chi connectivity index (χ1) is 9.59. The number of nitrogens with one attached hydrogen (secondary N) is 1. The van der Waals surface area contributed by atoms with E-state index in [0.717, 1.165) is 25.5 Å². The van der Waals surface area contributed by atoms with Gasteiger partial charge in [-0.15, -0.1) is 0 Å². The molecule has 1 unspecified atom stereocenters. The summed E-state index contributed by atoms with van der Waals surface area (Å²) in [7, 11) is 0. The molecule has 0 saturated heterocycles. The molecule has 0 bridgehead atoms. The molecule has 2 heterocycles. The first kappa shape index (κ1) is 15.3. The lowest BCUT2D eigenvalue weighted by Crippen LogP contribution is -2.45. The Morgan fingerprint density at radius 2 is 1.81 bits per heavy atom. The zero-order valence-corrected chi connectivity index (χ0v) is 10.4. The Labute approximate surface area is 114 Å². The molecule has 0 saturated carbocycles. The Bertz CT molecular complexity index is 603. The molecule has 0 amide bonds. The molecule has 1 atom stereocenters. The fourth-order valence-corrected chi connectivity index (χ4v) is 1.91. The molecule has 0 aliphatic carbocycles. The molecule has 1 aliphatic heterocycles. The summed E-state index contributed by atoms with van der Waals surface area (Å²) in [6.45, 7) is 1.10. The van der Waals surface area contributed by atoms with Crippen LogP contribution in [-0.2, 0) is 11.7 Å². The highest BCUT2D eigenvalue weighted by atomic mass is 19.4. The smallest absolute Gasteiger partial charge is 0.353 e. The van der Waals surface area contributed by atoms with Gasteiger partial charge in [-0.25, -0.2) is 15.0 Å². The van der Waals surface area contributed by atoms with Crippen molar-refractivity contribution in [1.82, 2.24) is 15.3 Å². The third-order valence-electron chi connectivity index (χ3n) is 2.89. The summed E-state index contributed by atoms with van der Waals surface area (Å²) < 4.78 is 78.1. The summed E-state index contributed by atoms with van der Waals surface area (Å²) in [4.78, 5) is 9.29. The average molecular weight is 310 g/mol. The lowest BCUT2D eigenvalue weighted by molar-refractivity contribution is -0.179. The van der Waals surface area contributed by atoms with Gasteiger partial charge in [0.2, 0.25) is 11.4 Å². The molecule has 4 nitrogen and oxygen atoms in total. The van der Waals surface area contributed by atoms with E-state index in [1.54, 1.807) is 0 Å². The van der Waals surface area contributed by atoms with Gasteiger partial charge in [0, 0.05) is 12.4 Å². The monoisotopic (exact) mass is 310 g/mol. The zero-order chi connectivity index (χ0) is 15.9. The quantitative estimate of drug-likeness (QED) is 0.812. The molecular formula is C11H8F6N4. The Kier molecular flexibility index (Phi) is 3.42. The lowest BCUT2D eigenvalue weighted by atomic mass is 9.86. The van der Waals surface area contributed by atoms with Crippen molar-refractivity contribution >= 4 is 6.34 Å². The topological polar surface area (TPSA) is 50.2 Å². The van der Waals surface area contributed by atoms with Crippen LogP contribution in [0.4, 0.5) is 26.3 Å². The predicted molar refractivity (Wildman–Crippen MR) is 60.2 cm³/mol. The van der Waals surface area contributed by atoms with E-state index < -0.39 is 29.4 Å². The van der Waals surface area contributed by atoms with Crippen LogP contribution in [0.15, 0.2) is 29.0 Å². The van der Waals surface area contributed by atoms with E-state index in [1.807, 2.05) is 0 Å². The normalized spacial score (nSPS) is 22.7. The van der Waals surface area contributed by atoms with Crippen molar-refractivity contribution in [3.05, 3.63) is 35.6 Å². The predicted octanol–water partition coefficient (Wildman–Crippen LogP) is 2.79. The molecule has 1 aromatic heterocycles. The second-order valence-corrected chi connectivity index (χ2v) is 4.22. The molecule has 1 aromatic rings. The van der Waals surface area contributed by atoms with Crippen molar-refractivity contribution < 1.29 is 26.3 Å². The maximum atomic E-state index is 13.4. The minimum Gasteiger partial charge on any atom is -0.353 e. The molecule has 2 rings (SSSR count). The minimum atomic E-state index is -4.95. The average Bonchev–Trinajstić information content (AvgIpc) is 2.37. The third kappa shape index (κ3) is 2.45. The summed E-state index contributed by atoms with van der Waals surface area (Å²) >= 11 is 0. The van der Waals surface area contributed by atoms with Crippen molar-refractivity contribution in [3.8, 4) is 0 Å². The van der Waals surface area contributed by atoms with Crippen LogP contribution in [0.5, 0.6) is 0 Å². The molecule has 1 N–H and O–H groups in total. The fraction of sp³-hybridized carbons (Fsp3) is 0.364. The van der Waals surface area contributed by atoms with Gasteiger partial charge < -0.3 is 5.32 Å². The number of alkyl halides is 6. The van der Waals surface area contributed by atoms with Gasteiger partial charge in [0.1, 0.15) is 0 Å². The number of hydrogen-bond acceptors (Lipinski definition) is 4. The molecule has 114 valence electrons. The van der Waals surface area contributed by atoms with Crippen LogP contribution in [0, 0.1) is 0 Å². The maximum Gasteiger partial charge on any atom is 0.451 e. The van der Waals surface area contributed by atoms with Crippen molar-refractivity contribution in [2.75, 3.05) is 0 Å². The molecule has 0 radical (unpaired) electrons. The second-order valence-electron chi connectivity index (χ2n) is 4.22. The summed E-state index contributed by atoms with van der Waals surface area (Å²) in [5, 5.41) is 2.36. The van der Waals surface area contributed by atoms with E-state index in [1.165, 1.54) is 0 Å². The van der Waals surface area contributed by atoms with Gasteiger partial charge in [0.25, 0.3) is 0 Å². The number of rotatable bonds is 1. The van der Waals surface area contributed by atoms with Crippen LogP contribution >= 0.6 is 0 Å². The standard InChI is InChI=1S/C11H8F6N4/c1-6-4-18-5-20-9(6,11(15,16)17)7-2-3-19-8(21-7)10(12,13)14/h2-5H,1H3,(H,18,20). The second kappa shape index (κ2) is 4.71. The molecule has 10 heteroatoms. The van der Waals surface area contributed by atoms with Gasteiger partial charge in [-0.05, 0) is 18.6 Å². The first-order valence-electron chi connectivity index (χ1n) is 5.53. The van der Waals surface area contributed by atoms with Crippen LogP contribution < -0.4 is 5.32 Å². The van der Waals surface area contributed by atoms with Crippen molar-refractivity contribution in [3.63, 3.8) is 0 Å². The summed E-state index contributed by atoms with van der Waals surface area (Å²) in [5.74, 6) is -1.65. The van der Waals surface area contributed by atoms with Crippen LogP contribution in [0.25, 0.3) is 0 Å². The van der Waals surface area contributed by atoms with E-state index in [4.69, 9.17) is 0 Å². The summed E-state index contributed by atoms with van der Waals surface area (Å²) in [6, 6.07) is 0.767. The van der Waals surface area contributed by atoms with Crippen LogP contribution in [0.1, 0.15) is 18.4 Å². The van der Waals surface area contributed by atoms with Crippen LogP contribution in [0.3, 0.4) is 0 Å². The van der Waals surface area contributed by atoms with Gasteiger partial charge in [-0.2, -0.15) is 26.3 Å². The van der Waals surface area contributed by atoms with E-state index in [0.29, 0.717) is 6.20 Å². The molecule has 1 aliphatic rings. The number of halogens is 6. The zero-order valence-electron chi connectivity index (χ0n) is 10.4. The first-order valence-corrected chi connectivity index (χ1v) is 5.53. The third-order valence-corrected chi connectivity index (χ3v) is 2.89. The highest BCUT2D eigenvalue weighted by Crippen LogP contribution is 2.47. The van der Waals surface area contributed by atoms with E-state index in [9.17, 15) is 26.3 Å². The van der Waals surface area contributed by atoms with Crippen molar-refractivity contribution in [2.24, 2.45) is 4.99 Å². The highest BCUT2D eigenvalue weighted by molar-refractivity contribution is 5.61. The van der Waals surface area contributed by atoms with Crippen LogP contribution in [-0.4, -0.2) is 22.5 Å². The lowest BCUT2D eigenvalue weighted by Gasteiger charge is -2.34. The maximum absolute atomic E-state index is 13.4. The molecule has 0 fully saturated rings. The number of nitrogens with zero attached hydrogens (tertiary/aromatic N) is 3. The fourth-order valence-electron chi connectivity index (χ4n) is 1.91.